The zero-order valence-corrected chi connectivity index (χ0v) is 12.6. The number of nitrogens with zero attached hydrogens (tertiary/aromatic N) is 7. The minimum absolute atomic E-state index is 0.106. The van der Waals surface area contributed by atoms with Crippen LogP contribution in [-0.2, 0) is 25.4 Å². The van der Waals surface area contributed by atoms with Crippen molar-refractivity contribution in [3.8, 4) is 11.4 Å². The van der Waals surface area contributed by atoms with Gasteiger partial charge in [0.05, 0.1) is 11.9 Å². The van der Waals surface area contributed by atoms with Crippen LogP contribution in [0, 0.1) is 6.92 Å². The van der Waals surface area contributed by atoms with Crippen LogP contribution in [-0.4, -0.2) is 40.5 Å². The van der Waals surface area contributed by atoms with Gasteiger partial charge in [0.2, 0.25) is 5.91 Å². The standard InChI is InChI=1S/C13H16N8O/c1-9-7-21(18-13(9)10-4-5-14-19(10)2)8-12(22)16-11-6-15-20(3)17-11/h4-7H,8H2,1-3H3,(H,16,17,22). The number of hydrogen-bond donors (Lipinski definition) is 1. The molecule has 0 atom stereocenters. The normalized spacial score (nSPS) is 10.9. The van der Waals surface area contributed by atoms with Gasteiger partial charge < -0.3 is 5.32 Å². The van der Waals surface area contributed by atoms with Crippen molar-refractivity contribution in [3.63, 3.8) is 0 Å². The van der Waals surface area contributed by atoms with Gasteiger partial charge in [-0.05, 0) is 18.6 Å². The van der Waals surface area contributed by atoms with Gasteiger partial charge in [0, 0.05) is 26.5 Å². The molecule has 0 aliphatic rings. The Kier molecular flexibility index (Phi) is 3.45. The van der Waals surface area contributed by atoms with Crippen molar-refractivity contribution >= 4 is 11.7 Å². The molecule has 3 rings (SSSR count). The molecule has 9 heteroatoms. The summed E-state index contributed by atoms with van der Waals surface area (Å²) in [7, 11) is 3.54. The van der Waals surface area contributed by atoms with Crippen LogP contribution < -0.4 is 5.32 Å². The second-order valence-corrected chi connectivity index (χ2v) is 4.97. The Bertz CT molecular complexity index is 812. The number of carbonyl (C=O) groups excluding carboxylic acids is 1. The molecule has 1 amide bonds. The fourth-order valence-corrected chi connectivity index (χ4v) is 2.19. The molecule has 0 unspecified atom stereocenters. The zero-order valence-electron chi connectivity index (χ0n) is 12.6. The Morgan fingerprint density at radius 3 is 2.73 bits per heavy atom. The second-order valence-electron chi connectivity index (χ2n) is 4.97. The third-order valence-electron chi connectivity index (χ3n) is 3.18. The van der Waals surface area contributed by atoms with Crippen LogP contribution in [0.2, 0.25) is 0 Å². The highest BCUT2D eigenvalue weighted by Crippen LogP contribution is 2.20. The molecule has 3 aromatic rings. The molecular formula is C13H16N8O. The van der Waals surface area contributed by atoms with E-state index in [9.17, 15) is 4.79 Å². The molecule has 0 radical (unpaired) electrons. The Morgan fingerprint density at radius 1 is 1.27 bits per heavy atom. The van der Waals surface area contributed by atoms with Crippen molar-refractivity contribution in [2.45, 2.75) is 13.5 Å². The van der Waals surface area contributed by atoms with Crippen LogP contribution in [0.5, 0.6) is 0 Å². The molecule has 0 aliphatic carbocycles. The molecule has 0 aromatic carbocycles. The van der Waals surface area contributed by atoms with Crippen molar-refractivity contribution in [1.29, 1.82) is 0 Å². The number of anilines is 1. The Morgan fingerprint density at radius 2 is 2.09 bits per heavy atom. The summed E-state index contributed by atoms with van der Waals surface area (Å²) >= 11 is 0. The van der Waals surface area contributed by atoms with E-state index in [1.807, 2.05) is 26.2 Å². The van der Waals surface area contributed by atoms with E-state index in [0.717, 1.165) is 17.0 Å². The summed E-state index contributed by atoms with van der Waals surface area (Å²) in [6.45, 7) is 2.06. The highest BCUT2D eigenvalue weighted by atomic mass is 16.2. The Balaban J connectivity index is 1.73. The number of rotatable bonds is 4. The average molecular weight is 300 g/mol. The lowest BCUT2D eigenvalue weighted by Gasteiger charge is -2.02. The van der Waals surface area contributed by atoms with Gasteiger partial charge in [0.15, 0.2) is 5.82 Å². The van der Waals surface area contributed by atoms with Gasteiger partial charge in [-0.15, -0.1) is 5.10 Å². The van der Waals surface area contributed by atoms with Gasteiger partial charge in [-0.3, -0.25) is 14.2 Å². The monoisotopic (exact) mass is 300 g/mol. The van der Waals surface area contributed by atoms with Gasteiger partial charge >= 0.3 is 0 Å². The molecule has 0 fully saturated rings. The fourth-order valence-electron chi connectivity index (χ4n) is 2.19. The number of hydrogen-bond acceptors (Lipinski definition) is 5. The maximum atomic E-state index is 12.0. The second kappa shape index (κ2) is 5.43. The van der Waals surface area contributed by atoms with Gasteiger partial charge in [-0.25, -0.2) is 0 Å². The summed E-state index contributed by atoms with van der Waals surface area (Å²) < 4.78 is 3.35. The zero-order chi connectivity index (χ0) is 15.7. The smallest absolute Gasteiger partial charge is 0.247 e. The summed E-state index contributed by atoms with van der Waals surface area (Å²) in [6.07, 6.45) is 5.04. The number of nitrogens with one attached hydrogen (secondary N) is 1. The number of carbonyl (C=O) groups is 1. The van der Waals surface area contributed by atoms with Gasteiger partial charge in [0.25, 0.3) is 0 Å². The largest absolute Gasteiger partial charge is 0.306 e. The molecule has 22 heavy (non-hydrogen) atoms. The predicted octanol–water partition coefficient (Wildman–Crippen LogP) is 0.359. The summed E-state index contributed by atoms with van der Waals surface area (Å²) in [6, 6.07) is 1.89. The molecule has 0 bridgehead atoms. The van der Waals surface area contributed by atoms with Crippen LogP contribution in [0.25, 0.3) is 11.4 Å². The van der Waals surface area contributed by atoms with E-state index in [1.54, 1.807) is 22.6 Å². The molecule has 3 aromatic heterocycles. The quantitative estimate of drug-likeness (QED) is 0.750. The number of aromatic nitrogens is 7. The van der Waals surface area contributed by atoms with Gasteiger partial charge in [-0.2, -0.15) is 20.1 Å². The maximum absolute atomic E-state index is 12.0. The summed E-state index contributed by atoms with van der Waals surface area (Å²) in [5.74, 6) is 0.211. The van der Waals surface area contributed by atoms with Crippen LogP contribution in [0.3, 0.4) is 0 Å². The minimum atomic E-state index is -0.209. The first-order valence-corrected chi connectivity index (χ1v) is 6.71. The molecule has 0 aliphatic heterocycles. The third kappa shape index (κ3) is 2.73. The predicted molar refractivity (Wildman–Crippen MR) is 78.8 cm³/mol. The fraction of sp³-hybridized carbons (Fsp3) is 0.308. The van der Waals surface area contributed by atoms with E-state index in [1.165, 1.54) is 11.0 Å². The summed E-state index contributed by atoms with van der Waals surface area (Å²) in [4.78, 5) is 13.4. The Hall–Kier alpha value is -2.97. The first-order chi connectivity index (χ1) is 10.5. The topological polar surface area (TPSA) is 95.5 Å². The van der Waals surface area contributed by atoms with Crippen LogP contribution in [0.4, 0.5) is 5.82 Å². The van der Waals surface area contributed by atoms with E-state index in [4.69, 9.17) is 0 Å². The van der Waals surface area contributed by atoms with Gasteiger partial charge in [0.1, 0.15) is 12.2 Å². The van der Waals surface area contributed by atoms with Crippen molar-refractivity contribution in [2.75, 3.05) is 5.32 Å². The minimum Gasteiger partial charge on any atom is -0.306 e. The van der Waals surface area contributed by atoms with E-state index in [2.05, 4.69) is 25.7 Å². The molecule has 1 N–H and O–H groups in total. The molecule has 0 saturated heterocycles. The average Bonchev–Trinajstić information content (AvgIpc) is 3.12. The molecular weight excluding hydrogens is 284 g/mol. The van der Waals surface area contributed by atoms with Gasteiger partial charge in [-0.1, -0.05) is 0 Å². The van der Waals surface area contributed by atoms with Crippen molar-refractivity contribution < 1.29 is 4.79 Å². The highest BCUT2D eigenvalue weighted by molar-refractivity contribution is 5.89. The van der Waals surface area contributed by atoms with Crippen LogP contribution in [0.15, 0.2) is 24.7 Å². The summed E-state index contributed by atoms with van der Waals surface area (Å²) in [5.41, 5.74) is 2.70. The van der Waals surface area contributed by atoms with Crippen molar-refractivity contribution in [1.82, 2.24) is 34.6 Å². The maximum Gasteiger partial charge on any atom is 0.247 e. The molecule has 0 spiro atoms. The Labute approximate surface area is 126 Å². The molecule has 3 heterocycles. The number of aryl methyl sites for hydroxylation is 3. The van der Waals surface area contributed by atoms with E-state index >= 15 is 0 Å². The lowest BCUT2D eigenvalue weighted by atomic mass is 10.2. The molecule has 0 saturated carbocycles. The molecule has 114 valence electrons. The van der Waals surface area contributed by atoms with E-state index < -0.39 is 0 Å². The van der Waals surface area contributed by atoms with Crippen LogP contribution >= 0.6 is 0 Å². The SMILES string of the molecule is Cc1cn(CC(=O)Nc2cnn(C)n2)nc1-c1ccnn1C. The van der Waals surface area contributed by atoms with E-state index in [0.29, 0.717) is 5.82 Å². The van der Waals surface area contributed by atoms with E-state index in [-0.39, 0.29) is 12.5 Å². The number of amides is 1. The van der Waals surface area contributed by atoms with Crippen LogP contribution in [0.1, 0.15) is 5.56 Å². The van der Waals surface area contributed by atoms with Crippen molar-refractivity contribution in [2.24, 2.45) is 14.1 Å². The highest BCUT2D eigenvalue weighted by Gasteiger charge is 2.13. The summed E-state index contributed by atoms with van der Waals surface area (Å²) in [5, 5.41) is 19.2. The first kappa shape index (κ1) is 14.0. The lowest BCUT2D eigenvalue weighted by Crippen LogP contribution is -2.19. The molecule has 9 nitrogen and oxygen atoms in total. The first-order valence-electron chi connectivity index (χ1n) is 6.71. The third-order valence-corrected chi connectivity index (χ3v) is 3.18. The van der Waals surface area contributed by atoms with Crippen molar-refractivity contribution in [3.05, 3.63) is 30.2 Å². The lowest BCUT2D eigenvalue weighted by molar-refractivity contribution is -0.116.